The number of para-hydroxylation sites is 6. The minimum atomic E-state index is 0.149. The Morgan fingerprint density at radius 3 is 0.887 bits per heavy atom. The number of rotatable bonds is 11. The van der Waals surface area contributed by atoms with Crippen LogP contribution in [0.15, 0.2) is 218 Å². The maximum absolute atomic E-state index is 11.2. The van der Waals surface area contributed by atoms with Gasteiger partial charge in [0.25, 0.3) is 0 Å². The molecule has 298 valence electrons. The standard InChI is InChI=1S/C54H38N4O2S2/c59-47-27-15-13-25-45(47)49-51(37-29-33-43(34-30-37)57(39-17-5-1-6-18-39)40-19-7-2-8-20-40)61-53(55-49)54-56-50(46-26-14-16-28-48(46)60)52(62-54)38-31-35-44(36-32-38)58(41-21-9-3-10-22-41)42-23-11-4-12-24-42/h1-36,59-60H. The van der Waals surface area contributed by atoms with Gasteiger partial charge in [-0.1, -0.05) is 121 Å². The first kappa shape index (κ1) is 38.4. The number of phenols is 2. The van der Waals surface area contributed by atoms with Crippen LogP contribution < -0.4 is 9.80 Å². The summed E-state index contributed by atoms with van der Waals surface area (Å²) in [6.07, 6.45) is 0. The van der Waals surface area contributed by atoms with Crippen LogP contribution in [0.2, 0.25) is 0 Å². The molecule has 0 saturated carbocycles. The summed E-state index contributed by atoms with van der Waals surface area (Å²) in [5.74, 6) is 0.299. The molecule has 8 aromatic carbocycles. The van der Waals surface area contributed by atoms with Crippen molar-refractivity contribution in [2.45, 2.75) is 0 Å². The lowest BCUT2D eigenvalue weighted by atomic mass is 10.0. The molecule has 0 fully saturated rings. The zero-order valence-electron chi connectivity index (χ0n) is 33.3. The second-order valence-electron chi connectivity index (χ2n) is 14.5. The van der Waals surface area contributed by atoms with Crippen LogP contribution in [0.1, 0.15) is 0 Å². The van der Waals surface area contributed by atoms with Gasteiger partial charge in [0.1, 0.15) is 11.5 Å². The van der Waals surface area contributed by atoms with Crippen LogP contribution in [-0.4, -0.2) is 20.2 Å². The summed E-state index contributed by atoms with van der Waals surface area (Å²) in [7, 11) is 0. The Bertz CT molecular complexity index is 2790. The number of anilines is 6. The normalized spacial score (nSPS) is 11.0. The van der Waals surface area contributed by atoms with Crippen LogP contribution >= 0.6 is 22.7 Å². The topological polar surface area (TPSA) is 72.7 Å². The van der Waals surface area contributed by atoms with E-state index in [0.717, 1.165) is 55.0 Å². The molecule has 0 saturated heterocycles. The number of aromatic hydroxyl groups is 2. The lowest BCUT2D eigenvalue weighted by Gasteiger charge is -2.25. The monoisotopic (exact) mass is 838 g/mol. The van der Waals surface area contributed by atoms with Crippen molar-refractivity contribution in [3.05, 3.63) is 218 Å². The first-order chi connectivity index (χ1) is 30.6. The highest BCUT2D eigenvalue weighted by molar-refractivity contribution is 7.25. The van der Waals surface area contributed by atoms with Gasteiger partial charge in [0.05, 0.1) is 21.1 Å². The molecule has 0 atom stereocenters. The fourth-order valence-electron chi connectivity index (χ4n) is 7.65. The van der Waals surface area contributed by atoms with E-state index < -0.39 is 0 Å². The van der Waals surface area contributed by atoms with Gasteiger partial charge >= 0.3 is 0 Å². The summed E-state index contributed by atoms with van der Waals surface area (Å²) in [5, 5.41) is 23.8. The maximum Gasteiger partial charge on any atom is 0.153 e. The molecule has 8 heteroatoms. The van der Waals surface area contributed by atoms with Crippen molar-refractivity contribution >= 4 is 56.8 Å². The lowest BCUT2D eigenvalue weighted by molar-refractivity contribution is 0.476. The van der Waals surface area contributed by atoms with Crippen molar-refractivity contribution in [2.75, 3.05) is 9.80 Å². The van der Waals surface area contributed by atoms with Crippen molar-refractivity contribution in [1.29, 1.82) is 0 Å². The third-order valence-corrected chi connectivity index (χ3v) is 12.9. The zero-order valence-corrected chi connectivity index (χ0v) is 34.9. The second kappa shape index (κ2) is 17.1. The highest BCUT2D eigenvalue weighted by atomic mass is 32.1. The number of nitrogens with zero attached hydrogens (tertiary/aromatic N) is 4. The molecule has 0 amide bonds. The summed E-state index contributed by atoms with van der Waals surface area (Å²) < 4.78 is 0. The molecule has 2 N–H and O–H groups in total. The Hall–Kier alpha value is -7.78. The molecule has 0 radical (unpaired) electrons. The van der Waals surface area contributed by atoms with Crippen LogP contribution in [0.4, 0.5) is 34.1 Å². The molecular formula is C54H38N4O2S2. The van der Waals surface area contributed by atoms with Crippen molar-refractivity contribution < 1.29 is 10.2 Å². The summed E-state index contributed by atoms with van der Waals surface area (Å²) in [5.41, 5.74) is 10.8. The van der Waals surface area contributed by atoms with Crippen LogP contribution in [-0.2, 0) is 0 Å². The van der Waals surface area contributed by atoms with E-state index in [4.69, 9.17) is 9.97 Å². The Morgan fingerprint density at radius 1 is 0.306 bits per heavy atom. The average Bonchev–Trinajstić information content (AvgIpc) is 3.98. The first-order valence-electron chi connectivity index (χ1n) is 20.2. The van der Waals surface area contributed by atoms with Crippen molar-refractivity contribution in [2.24, 2.45) is 0 Å². The van der Waals surface area contributed by atoms with Gasteiger partial charge in [0.15, 0.2) is 10.0 Å². The molecule has 0 aliphatic heterocycles. The van der Waals surface area contributed by atoms with Gasteiger partial charge in [-0.3, -0.25) is 0 Å². The minimum Gasteiger partial charge on any atom is -0.507 e. The largest absolute Gasteiger partial charge is 0.507 e. The molecular weight excluding hydrogens is 801 g/mol. The summed E-state index contributed by atoms with van der Waals surface area (Å²) in [4.78, 5) is 16.8. The molecule has 10 aromatic rings. The van der Waals surface area contributed by atoms with Crippen LogP contribution in [0, 0.1) is 0 Å². The molecule has 62 heavy (non-hydrogen) atoms. The molecule has 0 aliphatic carbocycles. The van der Waals surface area contributed by atoms with E-state index >= 15 is 0 Å². The summed E-state index contributed by atoms with van der Waals surface area (Å²) in [6.45, 7) is 0. The molecule has 6 nitrogen and oxygen atoms in total. The maximum atomic E-state index is 11.2. The van der Waals surface area contributed by atoms with Gasteiger partial charge in [-0.05, 0) is 108 Å². The molecule has 0 bridgehead atoms. The van der Waals surface area contributed by atoms with Crippen LogP contribution in [0.3, 0.4) is 0 Å². The lowest BCUT2D eigenvalue weighted by Crippen LogP contribution is -2.09. The third kappa shape index (κ3) is 7.60. The van der Waals surface area contributed by atoms with E-state index in [1.807, 2.05) is 109 Å². The molecule has 0 unspecified atom stereocenters. The van der Waals surface area contributed by atoms with Crippen LogP contribution in [0.5, 0.6) is 11.5 Å². The van der Waals surface area contributed by atoms with Gasteiger partial charge in [-0.2, -0.15) is 0 Å². The SMILES string of the molecule is Oc1ccccc1-c1nc(-c2nc(-c3ccccc3O)c(-c3ccc(N(c4ccccc4)c4ccccc4)cc3)s2)sc1-c1ccc(N(c2ccccc2)c2ccccc2)cc1. The van der Waals surface area contributed by atoms with Gasteiger partial charge in [0.2, 0.25) is 0 Å². The number of hydrogen-bond acceptors (Lipinski definition) is 8. The van der Waals surface area contributed by atoms with Gasteiger partial charge in [0, 0.05) is 45.3 Å². The van der Waals surface area contributed by atoms with E-state index in [2.05, 4.69) is 107 Å². The van der Waals surface area contributed by atoms with Crippen molar-refractivity contribution in [1.82, 2.24) is 9.97 Å². The Morgan fingerprint density at radius 2 is 0.581 bits per heavy atom. The smallest absolute Gasteiger partial charge is 0.153 e. The van der Waals surface area contributed by atoms with E-state index in [-0.39, 0.29) is 11.5 Å². The zero-order chi connectivity index (χ0) is 41.8. The fraction of sp³-hybridized carbons (Fsp3) is 0. The van der Waals surface area contributed by atoms with Gasteiger partial charge < -0.3 is 20.0 Å². The van der Waals surface area contributed by atoms with E-state index in [9.17, 15) is 10.2 Å². The van der Waals surface area contributed by atoms with Gasteiger partial charge in [-0.15, -0.1) is 22.7 Å². The molecule has 0 spiro atoms. The molecule has 0 aliphatic rings. The summed E-state index contributed by atoms with van der Waals surface area (Å²) >= 11 is 3.07. The Labute approximate surface area is 368 Å². The first-order valence-corrected chi connectivity index (χ1v) is 21.8. The Balaban J connectivity index is 1.07. The Kier molecular flexibility index (Phi) is 10.6. The highest BCUT2D eigenvalue weighted by Crippen LogP contribution is 2.49. The van der Waals surface area contributed by atoms with Crippen molar-refractivity contribution in [3.8, 4) is 64.9 Å². The van der Waals surface area contributed by atoms with Crippen LogP contribution in [0.25, 0.3) is 53.4 Å². The molecule has 2 aromatic heterocycles. The van der Waals surface area contributed by atoms with E-state index in [1.165, 1.54) is 22.7 Å². The summed E-state index contributed by atoms with van der Waals surface area (Å²) in [6, 6.07) is 73.0. The number of phenolic OH excluding ortho intramolecular Hbond substituents is 2. The van der Waals surface area contributed by atoms with E-state index in [0.29, 0.717) is 32.5 Å². The number of benzene rings is 8. The number of aromatic nitrogens is 2. The fourth-order valence-corrected chi connectivity index (χ4v) is 9.84. The predicted octanol–water partition coefficient (Wildman–Crippen LogP) is 15.3. The number of hydrogen-bond donors (Lipinski definition) is 2. The second-order valence-corrected chi connectivity index (χ2v) is 16.5. The van der Waals surface area contributed by atoms with Gasteiger partial charge in [-0.25, -0.2) is 9.97 Å². The third-order valence-electron chi connectivity index (χ3n) is 10.6. The number of thiazole rings is 2. The minimum absolute atomic E-state index is 0.149. The quantitative estimate of drug-likeness (QED) is 0.135. The highest BCUT2D eigenvalue weighted by Gasteiger charge is 2.25. The molecule has 10 rings (SSSR count). The predicted molar refractivity (Wildman–Crippen MR) is 258 cm³/mol. The molecule has 2 heterocycles. The van der Waals surface area contributed by atoms with Crippen molar-refractivity contribution in [3.63, 3.8) is 0 Å². The van der Waals surface area contributed by atoms with E-state index in [1.54, 1.807) is 12.1 Å². The average molecular weight is 839 g/mol.